The van der Waals surface area contributed by atoms with Gasteiger partial charge in [0.15, 0.2) is 24.0 Å². The first-order valence-electron chi connectivity index (χ1n) is 9.56. The number of benzene rings is 1. The van der Waals surface area contributed by atoms with Crippen LogP contribution in [0.2, 0.25) is 0 Å². The molecule has 142 valence electrons. The third-order valence-corrected chi connectivity index (χ3v) is 4.84. The highest BCUT2D eigenvalue weighted by Gasteiger charge is 2.21. The van der Waals surface area contributed by atoms with E-state index in [4.69, 9.17) is 14.2 Å². The van der Waals surface area contributed by atoms with Crippen LogP contribution in [-0.2, 0) is 4.74 Å². The molecule has 1 aliphatic heterocycles. The van der Waals surface area contributed by atoms with Gasteiger partial charge in [0.1, 0.15) is 0 Å². The van der Waals surface area contributed by atoms with Gasteiger partial charge in [-0.15, -0.1) is 0 Å². The molecule has 0 bridgehead atoms. The first-order valence-corrected chi connectivity index (χ1v) is 9.56. The van der Waals surface area contributed by atoms with E-state index in [1.165, 1.54) is 0 Å². The number of hydrogen-bond acceptors (Lipinski definition) is 5. The summed E-state index contributed by atoms with van der Waals surface area (Å²) in [4.78, 5) is 4.46. The van der Waals surface area contributed by atoms with E-state index in [1.807, 2.05) is 24.3 Å². The number of ether oxygens (including phenoxy) is 3. The molecule has 5 nitrogen and oxygen atoms in total. The Kier molecular flexibility index (Phi) is 8.52. The van der Waals surface area contributed by atoms with E-state index in [-0.39, 0.29) is 12.5 Å². The number of hydrogen-bond donors (Lipinski definition) is 0. The Bertz CT molecular complexity index is 455. The molecule has 1 heterocycles. The van der Waals surface area contributed by atoms with E-state index in [9.17, 15) is 0 Å². The van der Waals surface area contributed by atoms with E-state index in [1.54, 1.807) is 0 Å². The van der Waals surface area contributed by atoms with Crippen LogP contribution in [0, 0.1) is 0 Å². The van der Waals surface area contributed by atoms with Gasteiger partial charge in [-0.1, -0.05) is 26.0 Å². The lowest BCUT2D eigenvalue weighted by molar-refractivity contribution is 0.0197. The second-order valence-corrected chi connectivity index (χ2v) is 6.64. The molecule has 0 aliphatic carbocycles. The quantitative estimate of drug-likeness (QED) is 0.829. The minimum absolute atomic E-state index is 0.0291. The number of nitrogens with zero attached hydrogens (tertiary/aromatic N) is 2. The van der Waals surface area contributed by atoms with Gasteiger partial charge in [-0.2, -0.15) is 0 Å². The summed E-state index contributed by atoms with van der Waals surface area (Å²) < 4.78 is 18.5. The largest absolute Gasteiger partial charge is 0.471 e. The van der Waals surface area contributed by atoms with Crippen molar-refractivity contribution in [1.29, 1.82) is 0 Å². The highest BCUT2D eigenvalue weighted by atomic mass is 16.5. The van der Waals surface area contributed by atoms with Gasteiger partial charge in [0.05, 0.1) is 0 Å². The summed E-state index contributed by atoms with van der Waals surface area (Å²) in [5.74, 6) is 1.64. The first kappa shape index (κ1) is 20.0. The first-order chi connectivity index (χ1) is 12.2. The highest BCUT2D eigenvalue weighted by Crippen LogP contribution is 2.30. The Labute approximate surface area is 152 Å². The SMILES string of the molecule is CCN(C)C1CCCOCCCC(N(C)CC)Oc2ccccc2O1. The van der Waals surface area contributed by atoms with E-state index < -0.39 is 0 Å². The molecule has 2 unspecified atom stereocenters. The number of fused-ring (bicyclic) bond motifs is 1. The van der Waals surface area contributed by atoms with Crippen LogP contribution >= 0.6 is 0 Å². The summed E-state index contributed by atoms with van der Waals surface area (Å²) in [6.45, 7) is 7.75. The van der Waals surface area contributed by atoms with Crippen LogP contribution in [0.5, 0.6) is 11.5 Å². The second kappa shape index (κ2) is 10.6. The summed E-state index contributed by atoms with van der Waals surface area (Å²) >= 11 is 0. The fourth-order valence-electron chi connectivity index (χ4n) is 2.91. The molecule has 25 heavy (non-hydrogen) atoms. The molecular formula is C20H34N2O3. The zero-order valence-electron chi connectivity index (χ0n) is 16.2. The maximum atomic E-state index is 6.35. The molecule has 0 radical (unpaired) electrons. The highest BCUT2D eigenvalue weighted by molar-refractivity contribution is 5.39. The lowest BCUT2D eigenvalue weighted by Gasteiger charge is -2.30. The van der Waals surface area contributed by atoms with Crippen molar-refractivity contribution in [2.24, 2.45) is 0 Å². The van der Waals surface area contributed by atoms with Gasteiger partial charge in [0.2, 0.25) is 0 Å². The Balaban J connectivity index is 2.23. The summed E-state index contributed by atoms with van der Waals surface area (Å²) in [5, 5.41) is 0. The monoisotopic (exact) mass is 350 g/mol. The van der Waals surface area contributed by atoms with Crippen LogP contribution in [0.25, 0.3) is 0 Å². The molecule has 1 aromatic carbocycles. The molecule has 0 fully saturated rings. The Morgan fingerprint density at radius 1 is 0.840 bits per heavy atom. The van der Waals surface area contributed by atoms with Crippen LogP contribution in [0.1, 0.15) is 39.5 Å². The Hall–Kier alpha value is -1.30. The zero-order valence-corrected chi connectivity index (χ0v) is 16.2. The minimum atomic E-state index is 0.0291. The van der Waals surface area contributed by atoms with Gasteiger partial charge in [-0.3, -0.25) is 9.80 Å². The van der Waals surface area contributed by atoms with Crippen molar-refractivity contribution in [3.8, 4) is 11.5 Å². The summed E-state index contributed by atoms with van der Waals surface area (Å²) in [5.41, 5.74) is 0. The molecule has 0 N–H and O–H groups in total. The normalized spacial score (nSPS) is 23.0. The van der Waals surface area contributed by atoms with Crippen molar-refractivity contribution in [3.05, 3.63) is 24.3 Å². The molecule has 0 amide bonds. The third-order valence-electron chi connectivity index (χ3n) is 4.84. The van der Waals surface area contributed by atoms with E-state index in [2.05, 4.69) is 37.7 Å². The second-order valence-electron chi connectivity index (χ2n) is 6.64. The average Bonchev–Trinajstić information content (AvgIpc) is 2.66. The van der Waals surface area contributed by atoms with Gasteiger partial charge < -0.3 is 14.2 Å². The minimum Gasteiger partial charge on any atom is -0.471 e. The lowest BCUT2D eigenvalue weighted by atomic mass is 10.2. The van der Waals surface area contributed by atoms with Crippen LogP contribution < -0.4 is 9.47 Å². The topological polar surface area (TPSA) is 34.2 Å². The predicted molar refractivity (Wildman–Crippen MR) is 101 cm³/mol. The van der Waals surface area contributed by atoms with Crippen LogP contribution in [0.3, 0.4) is 0 Å². The van der Waals surface area contributed by atoms with Crippen molar-refractivity contribution >= 4 is 0 Å². The zero-order chi connectivity index (χ0) is 18.1. The van der Waals surface area contributed by atoms with Crippen molar-refractivity contribution < 1.29 is 14.2 Å². The average molecular weight is 351 g/mol. The third kappa shape index (κ3) is 6.17. The van der Waals surface area contributed by atoms with Crippen LogP contribution in [-0.4, -0.2) is 62.7 Å². The molecule has 0 saturated heterocycles. The summed E-state index contributed by atoms with van der Waals surface area (Å²) in [6, 6.07) is 8.02. The standard InChI is InChI=1S/C20H34N2O3/c1-5-21(3)19-13-9-15-23-16-10-14-20(22(4)6-2)25-18-12-8-7-11-17(18)24-19/h7-8,11-12,19-20H,5-6,9-10,13-16H2,1-4H3. The van der Waals surface area contributed by atoms with E-state index in [0.29, 0.717) is 0 Å². The van der Waals surface area contributed by atoms with E-state index in [0.717, 1.165) is 63.5 Å². The van der Waals surface area contributed by atoms with Crippen LogP contribution in [0.15, 0.2) is 24.3 Å². The fraction of sp³-hybridized carbons (Fsp3) is 0.700. The fourth-order valence-corrected chi connectivity index (χ4v) is 2.91. The molecular weight excluding hydrogens is 316 g/mol. The van der Waals surface area contributed by atoms with Gasteiger partial charge in [0.25, 0.3) is 0 Å². The molecule has 2 atom stereocenters. The summed E-state index contributed by atoms with van der Waals surface area (Å²) in [6.07, 6.45) is 3.93. The van der Waals surface area contributed by atoms with Crippen molar-refractivity contribution in [1.82, 2.24) is 9.80 Å². The number of para-hydroxylation sites is 2. The molecule has 2 rings (SSSR count). The van der Waals surface area contributed by atoms with Crippen LogP contribution in [0.4, 0.5) is 0 Å². The van der Waals surface area contributed by atoms with Gasteiger partial charge in [0, 0.05) is 26.1 Å². The van der Waals surface area contributed by atoms with Gasteiger partial charge in [-0.25, -0.2) is 0 Å². The summed E-state index contributed by atoms with van der Waals surface area (Å²) in [7, 11) is 4.20. The maximum absolute atomic E-state index is 6.35. The van der Waals surface area contributed by atoms with Crippen molar-refractivity contribution in [3.63, 3.8) is 0 Å². The molecule has 5 heteroatoms. The smallest absolute Gasteiger partial charge is 0.163 e. The molecule has 0 saturated carbocycles. The molecule has 0 aromatic heterocycles. The Morgan fingerprint density at radius 2 is 1.28 bits per heavy atom. The van der Waals surface area contributed by atoms with Crippen molar-refractivity contribution in [2.75, 3.05) is 40.4 Å². The molecule has 0 spiro atoms. The van der Waals surface area contributed by atoms with E-state index >= 15 is 0 Å². The number of rotatable bonds is 4. The maximum Gasteiger partial charge on any atom is 0.163 e. The van der Waals surface area contributed by atoms with Crippen molar-refractivity contribution in [2.45, 2.75) is 52.0 Å². The van der Waals surface area contributed by atoms with Gasteiger partial charge in [-0.05, 0) is 52.2 Å². The Morgan fingerprint density at radius 3 is 1.68 bits per heavy atom. The molecule has 1 aromatic rings. The predicted octanol–water partition coefficient (Wildman–Crippen LogP) is 3.59. The lowest BCUT2D eigenvalue weighted by Crippen LogP contribution is -2.38. The van der Waals surface area contributed by atoms with Gasteiger partial charge >= 0.3 is 0 Å². The molecule has 1 aliphatic rings.